The van der Waals surface area contributed by atoms with Gasteiger partial charge in [0.25, 0.3) is 5.56 Å². The zero-order valence-electron chi connectivity index (χ0n) is 6.77. The largest absolute Gasteiger partial charge is 0.281 e. The predicted molar refractivity (Wildman–Crippen MR) is 46.5 cm³/mol. The van der Waals surface area contributed by atoms with Gasteiger partial charge in [-0.15, -0.1) is 5.10 Å². The van der Waals surface area contributed by atoms with Crippen LogP contribution in [0.2, 0.25) is 0 Å². The molecule has 0 aliphatic heterocycles. The molecule has 12 heavy (non-hydrogen) atoms. The lowest BCUT2D eigenvalue weighted by atomic mass is 10.2. The summed E-state index contributed by atoms with van der Waals surface area (Å²) in [5, 5.41) is 3.41. The van der Waals surface area contributed by atoms with Gasteiger partial charge in [0.1, 0.15) is 0 Å². The molecule has 1 aromatic rings. The Morgan fingerprint density at radius 1 is 1.67 bits per heavy atom. The Balaban J connectivity index is 3.52. The first-order valence-corrected chi connectivity index (χ1v) is 4.28. The molecule has 1 aromatic heterocycles. The molecule has 1 heterocycles. The molecule has 1 rings (SSSR count). The molecule has 0 atom stereocenters. The van der Waals surface area contributed by atoms with Crippen molar-refractivity contribution in [2.45, 2.75) is 13.3 Å². The molecule has 0 fully saturated rings. The van der Waals surface area contributed by atoms with Gasteiger partial charge in [0.15, 0.2) is 0 Å². The Hall–Kier alpha value is -0.710. The molecule has 0 aliphatic rings. The van der Waals surface area contributed by atoms with Crippen molar-refractivity contribution in [3.8, 4) is 0 Å². The summed E-state index contributed by atoms with van der Waals surface area (Å²) >= 11 is 3.03. The summed E-state index contributed by atoms with van der Waals surface area (Å²) in [7, 11) is 1.41. The van der Waals surface area contributed by atoms with E-state index in [4.69, 9.17) is 0 Å². The molecule has 0 spiro atoms. The minimum Gasteiger partial charge on any atom is -0.267 e. The molecule has 0 aromatic carbocycles. The van der Waals surface area contributed by atoms with Crippen molar-refractivity contribution < 1.29 is 4.39 Å². The average Bonchev–Trinajstić information content (AvgIpc) is 2.01. The third kappa shape index (κ3) is 1.41. The molecule has 3 nitrogen and oxygen atoms in total. The number of nitrogens with zero attached hydrogens (tertiary/aromatic N) is 2. The smallest absolute Gasteiger partial charge is 0.267 e. The van der Waals surface area contributed by atoms with Crippen LogP contribution in [0.4, 0.5) is 4.39 Å². The van der Waals surface area contributed by atoms with Crippen LogP contribution in [0, 0.1) is 5.95 Å². The summed E-state index contributed by atoms with van der Waals surface area (Å²) in [4.78, 5) is 11.2. The number of aryl methyl sites for hydroxylation is 1. The molecule has 0 saturated carbocycles. The molecule has 0 N–H and O–H groups in total. The highest BCUT2D eigenvalue weighted by Crippen LogP contribution is 2.13. The second-order valence-corrected chi connectivity index (χ2v) is 3.16. The summed E-state index contributed by atoms with van der Waals surface area (Å²) in [5.74, 6) is -0.591. The van der Waals surface area contributed by atoms with Crippen molar-refractivity contribution in [2.75, 3.05) is 0 Å². The van der Waals surface area contributed by atoms with Crippen LogP contribution in [0.25, 0.3) is 0 Å². The first kappa shape index (κ1) is 9.38. The van der Waals surface area contributed by atoms with E-state index >= 15 is 0 Å². The molecule has 0 radical (unpaired) electrons. The zero-order valence-corrected chi connectivity index (χ0v) is 8.35. The lowest BCUT2D eigenvalue weighted by molar-refractivity contribution is 0.502. The maximum atomic E-state index is 13.0. The van der Waals surface area contributed by atoms with Gasteiger partial charge in [-0.3, -0.25) is 4.79 Å². The van der Waals surface area contributed by atoms with E-state index in [1.165, 1.54) is 7.05 Å². The molecule has 66 valence electrons. The normalized spacial score (nSPS) is 10.3. The average molecular weight is 235 g/mol. The van der Waals surface area contributed by atoms with Crippen LogP contribution in [0.1, 0.15) is 12.5 Å². The van der Waals surface area contributed by atoms with Crippen molar-refractivity contribution >= 4 is 15.9 Å². The van der Waals surface area contributed by atoms with E-state index < -0.39 is 5.95 Å². The van der Waals surface area contributed by atoms with Crippen molar-refractivity contribution in [3.63, 3.8) is 0 Å². The van der Waals surface area contributed by atoms with Crippen LogP contribution in [0.5, 0.6) is 0 Å². The second kappa shape index (κ2) is 3.35. The number of hydrogen-bond acceptors (Lipinski definition) is 2. The maximum Gasteiger partial charge on any atom is 0.281 e. The number of hydrogen-bond donors (Lipinski definition) is 0. The lowest BCUT2D eigenvalue weighted by Gasteiger charge is -2.03. The molecule has 0 unspecified atom stereocenters. The van der Waals surface area contributed by atoms with Crippen LogP contribution in [-0.2, 0) is 13.5 Å². The van der Waals surface area contributed by atoms with E-state index in [9.17, 15) is 9.18 Å². The van der Waals surface area contributed by atoms with Gasteiger partial charge in [-0.25, -0.2) is 4.68 Å². The van der Waals surface area contributed by atoms with Gasteiger partial charge in [0.05, 0.1) is 4.47 Å². The van der Waals surface area contributed by atoms with Gasteiger partial charge in [-0.05, 0) is 22.4 Å². The molecule has 0 aliphatic carbocycles. The predicted octanol–water partition coefficient (Wildman–Crippen LogP) is 1.24. The second-order valence-electron chi connectivity index (χ2n) is 2.37. The van der Waals surface area contributed by atoms with Crippen molar-refractivity contribution in [3.05, 3.63) is 26.3 Å². The van der Waals surface area contributed by atoms with Gasteiger partial charge in [0, 0.05) is 12.6 Å². The number of rotatable bonds is 1. The Morgan fingerprint density at radius 2 is 2.25 bits per heavy atom. The monoisotopic (exact) mass is 234 g/mol. The van der Waals surface area contributed by atoms with Gasteiger partial charge in [-0.1, -0.05) is 6.92 Å². The summed E-state index contributed by atoms with van der Waals surface area (Å²) in [6, 6.07) is 0. The number of halogens is 2. The summed E-state index contributed by atoms with van der Waals surface area (Å²) in [6.07, 6.45) is 0.454. The highest BCUT2D eigenvalue weighted by atomic mass is 79.9. The highest BCUT2D eigenvalue weighted by molar-refractivity contribution is 9.10. The summed E-state index contributed by atoms with van der Waals surface area (Å²) in [5.41, 5.74) is 0.0198. The first-order valence-electron chi connectivity index (χ1n) is 3.49. The van der Waals surface area contributed by atoms with E-state index in [0.29, 0.717) is 12.0 Å². The van der Waals surface area contributed by atoms with Crippen LogP contribution in [0.3, 0.4) is 0 Å². The van der Waals surface area contributed by atoms with E-state index in [-0.39, 0.29) is 10.0 Å². The van der Waals surface area contributed by atoms with E-state index in [1.807, 2.05) is 0 Å². The summed E-state index contributed by atoms with van der Waals surface area (Å²) in [6.45, 7) is 1.77. The quantitative estimate of drug-likeness (QED) is 0.734. The minimum atomic E-state index is -0.591. The Bertz CT molecular complexity index is 361. The maximum absolute atomic E-state index is 13.0. The van der Waals surface area contributed by atoms with Gasteiger partial charge < -0.3 is 0 Å². The fourth-order valence-corrected chi connectivity index (χ4v) is 1.60. The van der Waals surface area contributed by atoms with Gasteiger partial charge >= 0.3 is 0 Å². The van der Waals surface area contributed by atoms with E-state index in [2.05, 4.69) is 21.0 Å². The van der Waals surface area contributed by atoms with Crippen LogP contribution in [-0.4, -0.2) is 9.78 Å². The van der Waals surface area contributed by atoms with Crippen LogP contribution < -0.4 is 5.56 Å². The molecule has 5 heteroatoms. The van der Waals surface area contributed by atoms with Gasteiger partial charge in [-0.2, -0.15) is 4.39 Å². The Kier molecular flexibility index (Phi) is 2.62. The van der Waals surface area contributed by atoms with Crippen molar-refractivity contribution in [1.82, 2.24) is 9.78 Å². The molecular formula is C7H8BrFN2O. The summed E-state index contributed by atoms with van der Waals surface area (Å²) < 4.78 is 14.2. The molecule has 0 amide bonds. The topological polar surface area (TPSA) is 34.9 Å². The number of aromatic nitrogens is 2. The molecule has 0 bridgehead atoms. The van der Waals surface area contributed by atoms with Crippen molar-refractivity contribution in [2.24, 2.45) is 7.05 Å². The Morgan fingerprint density at radius 3 is 2.75 bits per heavy atom. The third-order valence-electron chi connectivity index (χ3n) is 1.59. The minimum absolute atomic E-state index is 0.264. The zero-order chi connectivity index (χ0) is 9.30. The Labute approximate surface area is 77.3 Å². The standard InChI is InChI=1S/C7H8BrFN2O/c1-3-4-5(8)7(12)11(2)10-6(4)9/h3H2,1-2H3. The molecule has 0 saturated heterocycles. The highest BCUT2D eigenvalue weighted by Gasteiger charge is 2.11. The lowest BCUT2D eigenvalue weighted by Crippen LogP contribution is -2.23. The first-order chi connectivity index (χ1) is 5.57. The van der Waals surface area contributed by atoms with Crippen LogP contribution >= 0.6 is 15.9 Å². The van der Waals surface area contributed by atoms with Crippen LogP contribution in [0.15, 0.2) is 9.27 Å². The molecular weight excluding hydrogens is 227 g/mol. The fraction of sp³-hybridized carbons (Fsp3) is 0.429. The van der Waals surface area contributed by atoms with Crippen molar-refractivity contribution in [1.29, 1.82) is 0 Å². The van der Waals surface area contributed by atoms with E-state index in [0.717, 1.165) is 4.68 Å². The SMILES string of the molecule is CCc1c(F)nn(C)c(=O)c1Br. The third-order valence-corrected chi connectivity index (χ3v) is 2.40. The fourth-order valence-electron chi connectivity index (χ4n) is 0.900. The van der Waals surface area contributed by atoms with E-state index in [1.54, 1.807) is 6.92 Å². The van der Waals surface area contributed by atoms with Gasteiger partial charge in [0.2, 0.25) is 5.95 Å².